The van der Waals surface area contributed by atoms with Gasteiger partial charge in [-0.1, -0.05) is 37.6 Å². The maximum atomic E-state index is 12.7. The highest BCUT2D eigenvalue weighted by Gasteiger charge is 2.30. The molecule has 7 nitrogen and oxygen atoms in total. The van der Waals surface area contributed by atoms with Gasteiger partial charge in [-0.25, -0.2) is 0 Å². The second kappa shape index (κ2) is 6.82. The molecule has 0 radical (unpaired) electrons. The summed E-state index contributed by atoms with van der Waals surface area (Å²) in [7, 11) is 0. The molecule has 1 unspecified atom stereocenters. The molecular formula is C17H20N4O3. The highest BCUT2D eigenvalue weighted by Crippen LogP contribution is 2.33. The van der Waals surface area contributed by atoms with Crippen molar-refractivity contribution in [1.29, 1.82) is 0 Å². The van der Waals surface area contributed by atoms with Gasteiger partial charge in [0.05, 0.1) is 23.4 Å². The zero-order valence-electron chi connectivity index (χ0n) is 13.6. The van der Waals surface area contributed by atoms with Crippen LogP contribution in [0.5, 0.6) is 0 Å². The average molecular weight is 328 g/mol. The third-order valence-electron chi connectivity index (χ3n) is 4.41. The summed E-state index contributed by atoms with van der Waals surface area (Å²) < 4.78 is 1.34. The Morgan fingerprint density at radius 1 is 1.38 bits per heavy atom. The van der Waals surface area contributed by atoms with E-state index >= 15 is 0 Å². The minimum Gasteiger partial charge on any atom is -0.358 e. The van der Waals surface area contributed by atoms with Crippen molar-refractivity contribution >= 4 is 11.7 Å². The van der Waals surface area contributed by atoms with Gasteiger partial charge in [0.2, 0.25) is 5.91 Å². The highest BCUT2D eigenvalue weighted by atomic mass is 16.6. The first-order valence-corrected chi connectivity index (χ1v) is 8.15. The Hall–Kier alpha value is -2.70. The van der Waals surface area contributed by atoms with E-state index in [1.165, 1.54) is 28.1 Å². The normalized spacial score (nSPS) is 16.7. The van der Waals surface area contributed by atoms with Gasteiger partial charge >= 0.3 is 5.82 Å². The van der Waals surface area contributed by atoms with Crippen LogP contribution in [0.15, 0.2) is 36.5 Å². The summed E-state index contributed by atoms with van der Waals surface area (Å²) in [6, 6.07) is 9.62. The number of benzene rings is 1. The summed E-state index contributed by atoms with van der Waals surface area (Å²) in [6.07, 6.45) is 4.20. The summed E-state index contributed by atoms with van der Waals surface area (Å²) in [5.74, 6) is -0.294. The van der Waals surface area contributed by atoms with Crippen molar-refractivity contribution in [3.05, 3.63) is 57.8 Å². The zero-order chi connectivity index (χ0) is 17.1. The first-order chi connectivity index (χ1) is 11.6. The van der Waals surface area contributed by atoms with Gasteiger partial charge in [-0.3, -0.25) is 4.79 Å². The van der Waals surface area contributed by atoms with Crippen LogP contribution in [-0.4, -0.2) is 32.1 Å². The lowest BCUT2D eigenvalue weighted by Crippen LogP contribution is -2.41. The SMILES string of the molecule is CCCC1c2ccccc2CCN1C(=O)Cn1ccc([N+](=O)[O-])n1. The maximum Gasteiger partial charge on any atom is 0.389 e. The van der Waals surface area contributed by atoms with Gasteiger partial charge in [0.25, 0.3) is 0 Å². The third kappa shape index (κ3) is 3.15. The minimum absolute atomic E-state index is 0.0240. The van der Waals surface area contributed by atoms with Gasteiger partial charge in [-0.05, 0) is 28.9 Å². The van der Waals surface area contributed by atoms with Crippen molar-refractivity contribution in [3.63, 3.8) is 0 Å². The summed E-state index contributed by atoms with van der Waals surface area (Å²) in [5.41, 5.74) is 2.51. The number of nitrogens with zero attached hydrogens (tertiary/aromatic N) is 4. The zero-order valence-corrected chi connectivity index (χ0v) is 13.6. The summed E-state index contributed by atoms with van der Waals surface area (Å²) in [5, 5.41) is 14.5. The van der Waals surface area contributed by atoms with E-state index in [1.807, 2.05) is 17.0 Å². The molecule has 0 saturated heterocycles. The van der Waals surface area contributed by atoms with E-state index in [-0.39, 0.29) is 24.3 Å². The van der Waals surface area contributed by atoms with Crippen LogP contribution in [0.1, 0.15) is 36.9 Å². The van der Waals surface area contributed by atoms with E-state index in [9.17, 15) is 14.9 Å². The van der Waals surface area contributed by atoms with Gasteiger partial charge in [-0.15, -0.1) is 0 Å². The number of carbonyl (C=O) groups excluding carboxylic acids is 1. The Bertz CT molecular complexity index is 756. The second-order valence-electron chi connectivity index (χ2n) is 5.97. The number of hydrogen-bond donors (Lipinski definition) is 0. The molecule has 0 bridgehead atoms. The molecular weight excluding hydrogens is 308 g/mol. The predicted octanol–water partition coefficient (Wildman–Crippen LogP) is 2.72. The summed E-state index contributed by atoms with van der Waals surface area (Å²) >= 11 is 0. The van der Waals surface area contributed by atoms with Crippen LogP contribution < -0.4 is 0 Å². The molecule has 2 heterocycles. The number of amides is 1. The van der Waals surface area contributed by atoms with Crippen LogP contribution in [0.25, 0.3) is 0 Å². The Morgan fingerprint density at radius 3 is 2.88 bits per heavy atom. The molecule has 0 spiro atoms. The lowest BCUT2D eigenvalue weighted by molar-refractivity contribution is -0.389. The molecule has 0 fully saturated rings. The molecule has 2 aromatic rings. The smallest absolute Gasteiger partial charge is 0.358 e. The van der Waals surface area contributed by atoms with Gasteiger partial charge in [0.1, 0.15) is 6.54 Å². The number of fused-ring (bicyclic) bond motifs is 1. The minimum atomic E-state index is -0.558. The van der Waals surface area contributed by atoms with Gasteiger partial charge in [-0.2, -0.15) is 4.68 Å². The number of carbonyl (C=O) groups is 1. The van der Waals surface area contributed by atoms with E-state index in [2.05, 4.69) is 24.2 Å². The summed E-state index contributed by atoms with van der Waals surface area (Å²) in [4.78, 5) is 24.8. The van der Waals surface area contributed by atoms with Crippen LogP contribution in [0.2, 0.25) is 0 Å². The molecule has 1 aliphatic heterocycles. The van der Waals surface area contributed by atoms with E-state index in [0.717, 1.165) is 19.3 Å². The van der Waals surface area contributed by atoms with E-state index < -0.39 is 4.92 Å². The van der Waals surface area contributed by atoms with E-state index in [0.29, 0.717) is 6.54 Å². The first kappa shape index (κ1) is 16.2. The van der Waals surface area contributed by atoms with Gasteiger partial charge < -0.3 is 15.0 Å². The molecule has 0 saturated carbocycles. The molecule has 1 amide bonds. The van der Waals surface area contributed by atoms with Crippen LogP contribution in [0.3, 0.4) is 0 Å². The fourth-order valence-corrected chi connectivity index (χ4v) is 3.30. The summed E-state index contributed by atoms with van der Waals surface area (Å²) in [6.45, 7) is 2.80. The molecule has 1 aliphatic rings. The van der Waals surface area contributed by atoms with Gasteiger partial charge in [0.15, 0.2) is 0 Å². The first-order valence-electron chi connectivity index (χ1n) is 8.15. The van der Waals surface area contributed by atoms with E-state index in [4.69, 9.17) is 0 Å². The maximum absolute atomic E-state index is 12.7. The van der Waals surface area contributed by atoms with Crippen molar-refractivity contribution in [2.45, 2.75) is 38.8 Å². The molecule has 126 valence electrons. The van der Waals surface area contributed by atoms with Crippen molar-refractivity contribution < 1.29 is 9.72 Å². The quantitative estimate of drug-likeness (QED) is 0.624. The molecule has 0 N–H and O–H groups in total. The lowest BCUT2D eigenvalue weighted by Gasteiger charge is -2.37. The fourth-order valence-electron chi connectivity index (χ4n) is 3.30. The molecule has 7 heteroatoms. The molecule has 3 rings (SSSR count). The van der Waals surface area contributed by atoms with Crippen LogP contribution >= 0.6 is 0 Å². The van der Waals surface area contributed by atoms with Crippen LogP contribution in [0, 0.1) is 10.1 Å². The Balaban J connectivity index is 1.79. The van der Waals surface area contributed by atoms with Crippen LogP contribution in [0.4, 0.5) is 5.82 Å². The largest absolute Gasteiger partial charge is 0.389 e. The standard InChI is InChI=1S/C17H20N4O3/c1-2-5-15-14-7-4-3-6-13(14)8-11-20(15)17(22)12-19-10-9-16(18-19)21(23)24/h3-4,6-7,9-10,15H,2,5,8,11-12H2,1H3. The number of hydrogen-bond acceptors (Lipinski definition) is 4. The monoisotopic (exact) mass is 328 g/mol. The van der Waals surface area contributed by atoms with Crippen molar-refractivity contribution in [2.24, 2.45) is 0 Å². The Kier molecular flexibility index (Phi) is 4.59. The Labute approximate surface area is 140 Å². The molecule has 24 heavy (non-hydrogen) atoms. The predicted molar refractivity (Wildman–Crippen MR) is 88.4 cm³/mol. The average Bonchev–Trinajstić information content (AvgIpc) is 3.04. The molecule has 1 aromatic heterocycles. The molecule has 1 aromatic carbocycles. The molecule has 0 aliphatic carbocycles. The number of aromatic nitrogens is 2. The Morgan fingerprint density at radius 2 is 2.17 bits per heavy atom. The fraction of sp³-hybridized carbons (Fsp3) is 0.412. The van der Waals surface area contributed by atoms with Gasteiger partial charge in [0, 0.05) is 6.54 Å². The van der Waals surface area contributed by atoms with Crippen molar-refractivity contribution in [2.75, 3.05) is 6.54 Å². The highest BCUT2D eigenvalue weighted by molar-refractivity contribution is 5.77. The topological polar surface area (TPSA) is 81.3 Å². The third-order valence-corrected chi connectivity index (χ3v) is 4.41. The number of rotatable bonds is 5. The van der Waals surface area contributed by atoms with E-state index in [1.54, 1.807) is 0 Å². The van der Waals surface area contributed by atoms with Crippen LogP contribution in [-0.2, 0) is 17.8 Å². The molecule has 1 atom stereocenters. The lowest BCUT2D eigenvalue weighted by atomic mass is 9.90. The van der Waals surface area contributed by atoms with Crippen molar-refractivity contribution in [1.82, 2.24) is 14.7 Å². The van der Waals surface area contributed by atoms with Crippen molar-refractivity contribution in [3.8, 4) is 0 Å². The second-order valence-corrected chi connectivity index (χ2v) is 5.97. The number of nitro groups is 1.